The Balaban J connectivity index is 2.13. The number of fused-ring (bicyclic) bond motifs is 1. The van der Waals surface area contributed by atoms with Crippen LogP contribution in [0.3, 0.4) is 0 Å². The number of hydrogen-bond acceptors (Lipinski definition) is 4. The van der Waals surface area contributed by atoms with Gasteiger partial charge >= 0.3 is 0 Å². The molecular weight excluding hydrogens is 232 g/mol. The summed E-state index contributed by atoms with van der Waals surface area (Å²) in [6, 6.07) is 0. The average molecular weight is 248 g/mol. The van der Waals surface area contributed by atoms with Crippen molar-refractivity contribution in [3.05, 3.63) is 15.7 Å². The number of nitrogens with zero attached hydrogens (tertiary/aromatic N) is 4. The molecule has 0 unspecified atom stereocenters. The van der Waals surface area contributed by atoms with Gasteiger partial charge in [0.25, 0.3) is 0 Å². The second kappa shape index (κ2) is 3.91. The fraction of sp³-hybridized carbons (Fsp3) is 0.583. The van der Waals surface area contributed by atoms with Crippen molar-refractivity contribution in [2.45, 2.75) is 46.1 Å². The minimum absolute atomic E-state index is 0.519. The molecule has 0 saturated heterocycles. The standard InChI is InChI=1S/C12H16N4S/c1-7-5-4-6-16-11(7)14-15-12(16)10-8(2)17-9(3)13-10/h7H,4-6H2,1-3H3/t7-/m0/s1. The van der Waals surface area contributed by atoms with Gasteiger partial charge < -0.3 is 4.57 Å². The molecule has 0 bridgehead atoms. The minimum Gasteiger partial charge on any atom is -0.309 e. The Bertz CT molecular complexity index is 555. The van der Waals surface area contributed by atoms with Crippen LogP contribution in [0.5, 0.6) is 0 Å². The molecule has 0 fully saturated rings. The molecule has 0 spiro atoms. The van der Waals surface area contributed by atoms with Gasteiger partial charge in [-0.25, -0.2) is 4.98 Å². The molecule has 0 N–H and O–H groups in total. The highest BCUT2D eigenvalue weighted by Gasteiger charge is 2.24. The van der Waals surface area contributed by atoms with Gasteiger partial charge in [-0.2, -0.15) is 0 Å². The molecule has 2 aromatic rings. The average Bonchev–Trinajstić information content (AvgIpc) is 2.83. The summed E-state index contributed by atoms with van der Waals surface area (Å²) < 4.78 is 2.25. The third-order valence-corrected chi connectivity index (χ3v) is 4.24. The van der Waals surface area contributed by atoms with Crippen molar-refractivity contribution in [3.63, 3.8) is 0 Å². The van der Waals surface area contributed by atoms with E-state index in [1.54, 1.807) is 11.3 Å². The SMILES string of the molecule is Cc1nc(-c2nnc3n2CCC[C@@H]3C)c(C)s1. The van der Waals surface area contributed by atoms with Crippen molar-refractivity contribution in [2.24, 2.45) is 0 Å². The van der Waals surface area contributed by atoms with Crippen molar-refractivity contribution in [2.75, 3.05) is 0 Å². The highest BCUT2D eigenvalue weighted by molar-refractivity contribution is 7.11. The van der Waals surface area contributed by atoms with E-state index in [0.29, 0.717) is 5.92 Å². The lowest BCUT2D eigenvalue weighted by molar-refractivity contribution is 0.466. The molecule has 1 aliphatic rings. The molecule has 17 heavy (non-hydrogen) atoms. The van der Waals surface area contributed by atoms with Gasteiger partial charge in [0.1, 0.15) is 11.5 Å². The lowest BCUT2D eigenvalue weighted by Crippen LogP contribution is -2.15. The summed E-state index contributed by atoms with van der Waals surface area (Å²) in [6.07, 6.45) is 2.43. The summed E-state index contributed by atoms with van der Waals surface area (Å²) in [5.74, 6) is 2.59. The van der Waals surface area contributed by atoms with E-state index in [0.717, 1.165) is 28.9 Å². The Kier molecular flexibility index (Phi) is 2.50. The zero-order chi connectivity index (χ0) is 12.0. The monoisotopic (exact) mass is 248 g/mol. The van der Waals surface area contributed by atoms with E-state index >= 15 is 0 Å². The van der Waals surface area contributed by atoms with Crippen LogP contribution < -0.4 is 0 Å². The first kappa shape index (κ1) is 10.9. The Morgan fingerprint density at radius 2 is 2.12 bits per heavy atom. The molecule has 0 aromatic carbocycles. The smallest absolute Gasteiger partial charge is 0.183 e. The summed E-state index contributed by atoms with van der Waals surface area (Å²) in [5.41, 5.74) is 1.01. The van der Waals surface area contributed by atoms with Crippen LogP contribution >= 0.6 is 11.3 Å². The largest absolute Gasteiger partial charge is 0.309 e. The van der Waals surface area contributed by atoms with E-state index in [1.165, 1.54) is 17.7 Å². The Morgan fingerprint density at radius 3 is 2.82 bits per heavy atom. The van der Waals surface area contributed by atoms with Crippen LogP contribution in [-0.2, 0) is 6.54 Å². The van der Waals surface area contributed by atoms with Crippen molar-refractivity contribution < 1.29 is 0 Å². The fourth-order valence-corrected chi connectivity index (χ4v) is 3.31. The molecule has 1 atom stereocenters. The van der Waals surface area contributed by atoms with Crippen LogP contribution in [0.4, 0.5) is 0 Å². The molecule has 0 amide bonds. The molecule has 5 heteroatoms. The van der Waals surface area contributed by atoms with Crippen molar-refractivity contribution >= 4 is 11.3 Å². The van der Waals surface area contributed by atoms with Gasteiger partial charge in [-0.3, -0.25) is 0 Å². The van der Waals surface area contributed by atoms with E-state index in [2.05, 4.69) is 33.6 Å². The van der Waals surface area contributed by atoms with Gasteiger partial charge in [-0.05, 0) is 26.7 Å². The molecule has 90 valence electrons. The van der Waals surface area contributed by atoms with Crippen LogP contribution in [0.1, 0.15) is 41.4 Å². The van der Waals surface area contributed by atoms with Crippen molar-refractivity contribution in [1.82, 2.24) is 19.7 Å². The second-order valence-electron chi connectivity index (χ2n) is 4.71. The number of hydrogen-bond donors (Lipinski definition) is 0. The Hall–Kier alpha value is -1.23. The van der Waals surface area contributed by atoms with E-state index in [1.807, 2.05) is 6.92 Å². The highest BCUT2D eigenvalue weighted by Crippen LogP contribution is 2.31. The van der Waals surface area contributed by atoms with E-state index in [4.69, 9.17) is 0 Å². The highest BCUT2D eigenvalue weighted by atomic mass is 32.1. The zero-order valence-electron chi connectivity index (χ0n) is 10.4. The predicted octanol–water partition coefficient (Wildman–Crippen LogP) is 2.92. The second-order valence-corrected chi connectivity index (χ2v) is 6.12. The fourth-order valence-electron chi connectivity index (χ4n) is 2.50. The quantitative estimate of drug-likeness (QED) is 0.779. The van der Waals surface area contributed by atoms with Crippen LogP contribution in [0.25, 0.3) is 11.5 Å². The lowest BCUT2D eigenvalue weighted by atomic mass is 10.0. The Morgan fingerprint density at radius 1 is 1.29 bits per heavy atom. The molecule has 0 radical (unpaired) electrons. The van der Waals surface area contributed by atoms with Crippen LogP contribution in [0.15, 0.2) is 0 Å². The number of thiazole rings is 1. The third-order valence-electron chi connectivity index (χ3n) is 3.35. The maximum atomic E-state index is 4.58. The number of aryl methyl sites for hydroxylation is 2. The molecule has 1 aliphatic heterocycles. The van der Waals surface area contributed by atoms with Crippen LogP contribution in [-0.4, -0.2) is 19.7 Å². The van der Waals surface area contributed by atoms with Gasteiger partial charge in [0.15, 0.2) is 5.82 Å². The summed E-state index contributed by atoms with van der Waals surface area (Å²) in [4.78, 5) is 5.81. The Labute approximate surface area is 105 Å². The topological polar surface area (TPSA) is 43.6 Å². The predicted molar refractivity (Wildman–Crippen MR) is 68.3 cm³/mol. The number of aromatic nitrogens is 4. The number of rotatable bonds is 1. The van der Waals surface area contributed by atoms with Gasteiger partial charge in [0.05, 0.1) is 5.01 Å². The van der Waals surface area contributed by atoms with Gasteiger partial charge in [-0.15, -0.1) is 21.5 Å². The van der Waals surface area contributed by atoms with Crippen LogP contribution in [0.2, 0.25) is 0 Å². The van der Waals surface area contributed by atoms with Gasteiger partial charge in [0, 0.05) is 17.3 Å². The molecule has 4 nitrogen and oxygen atoms in total. The first-order valence-electron chi connectivity index (χ1n) is 6.04. The summed E-state index contributed by atoms with van der Waals surface area (Å²) >= 11 is 1.73. The molecule has 2 aromatic heterocycles. The summed E-state index contributed by atoms with van der Waals surface area (Å²) in [7, 11) is 0. The van der Waals surface area contributed by atoms with Crippen molar-refractivity contribution in [1.29, 1.82) is 0 Å². The summed E-state index contributed by atoms with van der Waals surface area (Å²) in [5, 5.41) is 9.79. The van der Waals surface area contributed by atoms with E-state index in [9.17, 15) is 0 Å². The van der Waals surface area contributed by atoms with Gasteiger partial charge in [-0.1, -0.05) is 6.92 Å². The molecular formula is C12H16N4S. The maximum absolute atomic E-state index is 4.58. The van der Waals surface area contributed by atoms with E-state index < -0.39 is 0 Å². The van der Waals surface area contributed by atoms with Gasteiger partial charge in [0.2, 0.25) is 0 Å². The molecule has 0 aliphatic carbocycles. The zero-order valence-corrected chi connectivity index (χ0v) is 11.2. The van der Waals surface area contributed by atoms with Crippen LogP contribution in [0, 0.1) is 13.8 Å². The van der Waals surface area contributed by atoms with E-state index in [-0.39, 0.29) is 0 Å². The first-order valence-corrected chi connectivity index (χ1v) is 6.86. The summed E-state index contributed by atoms with van der Waals surface area (Å²) in [6.45, 7) is 7.39. The minimum atomic E-state index is 0.519. The lowest BCUT2D eigenvalue weighted by Gasteiger charge is -2.19. The molecule has 3 heterocycles. The first-order chi connectivity index (χ1) is 8.16. The van der Waals surface area contributed by atoms with Crippen molar-refractivity contribution in [3.8, 4) is 11.5 Å². The maximum Gasteiger partial charge on any atom is 0.183 e. The molecule has 0 saturated carbocycles. The molecule has 3 rings (SSSR count). The third kappa shape index (κ3) is 1.69. The normalized spacial score (nSPS) is 19.4.